The first-order valence-corrected chi connectivity index (χ1v) is 15.0. The molecule has 4 heterocycles. The molecule has 0 radical (unpaired) electrons. The third kappa shape index (κ3) is 3.71. The predicted molar refractivity (Wildman–Crippen MR) is 185 cm³/mol. The maximum atomic E-state index is 5.18. The molecular weight excluding hydrogens is 536 g/mol. The van der Waals surface area contributed by atoms with Crippen molar-refractivity contribution in [1.29, 1.82) is 0 Å². The van der Waals surface area contributed by atoms with E-state index in [-0.39, 0.29) is 0 Å². The standard InChI is InChI=1S/C40H28N4/c1-43-24-8-14-34-35-25-28(18-22-37(35)44(40(34)43)29-10-3-2-4-11-29)30-19-20-33(32-13-6-5-12-31(30)32)36-21-17-27-16-15-26-9-7-23-41-38(26)39(27)42-36/h2-23,25H,24H2,1H3. The highest BCUT2D eigenvalue weighted by Gasteiger charge is 2.22. The molecule has 0 saturated carbocycles. The number of aromatic nitrogens is 3. The molecule has 208 valence electrons. The first-order valence-electron chi connectivity index (χ1n) is 15.0. The van der Waals surface area contributed by atoms with Crippen LogP contribution in [0.1, 0.15) is 5.56 Å². The fraction of sp³-hybridized carbons (Fsp3) is 0.0500. The largest absolute Gasteiger partial charge is 0.357 e. The highest BCUT2D eigenvalue weighted by atomic mass is 15.2. The molecule has 8 aromatic rings. The maximum Gasteiger partial charge on any atom is 0.121 e. The lowest BCUT2D eigenvalue weighted by molar-refractivity contribution is 0.945. The van der Waals surface area contributed by atoms with Crippen LogP contribution in [-0.2, 0) is 0 Å². The normalized spacial score (nSPS) is 12.9. The first-order chi connectivity index (χ1) is 21.7. The minimum atomic E-state index is 0.893. The third-order valence-corrected chi connectivity index (χ3v) is 8.96. The summed E-state index contributed by atoms with van der Waals surface area (Å²) in [5.41, 5.74) is 10.0. The average molecular weight is 565 g/mol. The summed E-state index contributed by atoms with van der Waals surface area (Å²) in [5, 5.41) is 5.86. The Hall–Kier alpha value is -5.74. The van der Waals surface area contributed by atoms with Gasteiger partial charge in [0, 0.05) is 52.8 Å². The zero-order chi connectivity index (χ0) is 29.2. The Labute approximate surface area is 255 Å². The summed E-state index contributed by atoms with van der Waals surface area (Å²) in [4.78, 5) is 12.2. The molecular formula is C40H28N4. The number of anilines is 1. The number of hydrogen-bond donors (Lipinski definition) is 0. The van der Waals surface area contributed by atoms with E-state index >= 15 is 0 Å². The first kappa shape index (κ1) is 24.8. The van der Waals surface area contributed by atoms with E-state index in [9.17, 15) is 0 Å². The van der Waals surface area contributed by atoms with Crippen molar-refractivity contribution in [3.05, 3.63) is 139 Å². The Balaban J connectivity index is 1.24. The summed E-state index contributed by atoms with van der Waals surface area (Å²) in [7, 11) is 2.17. The summed E-state index contributed by atoms with van der Waals surface area (Å²) in [6, 6.07) is 43.4. The number of nitrogens with zero attached hydrogens (tertiary/aromatic N) is 4. The van der Waals surface area contributed by atoms with Crippen LogP contribution in [-0.4, -0.2) is 28.1 Å². The monoisotopic (exact) mass is 564 g/mol. The van der Waals surface area contributed by atoms with E-state index in [4.69, 9.17) is 4.98 Å². The van der Waals surface area contributed by atoms with Crippen LogP contribution in [0.4, 0.5) is 5.82 Å². The maximum absolute atomic E-state index is 5.18. The van der Waals surface area contributed by atoms with Crippen LogP contribution in [0.2, 0.25) is 0 Å². The van der Waals surface area contributed by atoms with Crippen molar-refractivity contribution in [2.75, 3.05) is 18.5 Å². The van der Waals surface area contributed by atoms with E-state index in [0.717, 1.165) is 39.6 Å². The van der Waals surface area contributed by atoms with Gasteiger partial charge in [0.2, 0.25) is 0 Å². The molecule has 0 aliphatic carbocycles. The number of likely N-dealkylation sites (N-methyl/N-ethyl adjacent to an activating group) is 1. The molecule has 0 N–H and O–H groups in total. The van der Waals surface area contributed by atoms with Crippen molar-refractivity contribution in [1.82, 2.24) is 14.5 Å². The Morgan fingerprint density at radius 3 is 2.25 bits per heavy atom. The fourth-order valence-electron chi connectivity index (χ4n) is 6.91. The highest BCUT2D eigenvalue weighted by Crippen LogP contribution is 2.42. The van der Waals surface area contributed by atoms with Crippen molar-refractivity contribution in [3.8, 4) is 28.1 Å². The van der Waals surface area contributed by atoms with Crippen molar-refractivity contribution in [2.45, 2.75) is 0 Å². The third-order valence-electron chi connectivity index (χ3n) is 8.96. The van der Waals surface area contributed by atoms with Gasteiger partial charge in [-0.2, -0.15) is 0 Å². The number of benzene rings is 5. The van der Waals surface area contributed by atoms with E-state index < -0.39 is 0 Å². The quantitative estimate of drug-likeness (QED) is 0.200. The second-order valence-corrected chi connectivity index (χ2v) is 11.5. The molecule has 3 aromatic heterocycles. The van der Waals surface area contributed by atoms with Gasteiger partial charge in [0.05, 0.1) is 22.2 Å². The van der Waals surface area contributed by atoms with E-state index in [1.165, 1.54) is 49.9 Å². The van der Waals surface area contributed by atoms with Gasteiger partial charge in [-0.1, -0.05) is 97.1 Å². The van der Waals surface area contributed by atoms with Gasteiger partial charge in [-0.3, -0.25) is 9.55 Å². The molecule has 0 bridgehead atoms. The minimum absolute atomic E-state index is 0.893. The summed E-state index contributed by atoms with van der Waals surface area (Å²) in [6.07, 6.45) is 6.38. The highest BCUT2D eigenvalue weighted by molar-refractivity contribution is 6.08. The van der Waals surface area contributed by atoms with E-state index in [0.29, 0.717) is 0 Å². The van der Waals surface area contributed by atoms with Crippen LogP contribution in [0.3, 0.4) is 0 Å². The molecule has 9 rings (SSSR count). The van der Waals surface area contributed by atoms with Gasteiger partial charge < -0.3 is 4.90 Å². The summed E-state index contributed by atoms with van der Waals surface area (Å²) in [6.45, 7) is 0.893. The van der Waals surface area contributed by atoms with Crippen LogP contribution in [0.15, 0.2) is 134 Å². The van der Waals surface area contributed by atoms with Crippen molar-refractivity contribution >= 4 is 55.4 Å². The van der Waals surface area contributed by atoms with Crippen LogP contribution in [0.5, 0.6) is 0 Å². The molecule has 4 nitrogen and oxygen atoms in total. The van der Waals surface area contributed by atoms with Gasteiger partial charge in [0.25, 0.3) is 0 Å². The lowest BCUT2D eigenvalue weighted by Crippen LogP contribution is -2.22. The van der Waals surface area contributed by atoms with E-state index in [1.807, 2.05) is 12.3 Å². The summed E-state index contributed by atoms with van der Waals surface area (Å²) >= 11 is 0. The smallest absolute Gasteiger partial charge is 0.121 e. The van der Waals surface area contributed by atoms with Crippen LogP contribution in [0.25, 0.3) is 77.6 Å². The molecule has 0 atom stereocenters. The van der Waals surface area contributed by atoms with Crippen molar-refractivity contribution in [3.63, 3.8) is 0 Å². The van der Waals surface area contributed by atoms with E-state index in [1.54, 1.807) is 0 Å². The Kier molecular flexibility index (Phi) is 5.44. The fourth-order valence-corrected chi connectivity index (χ4v) is 6.91. The van der Waals surface area contributed by atoms with E-state index in [2.05, 4.69) is 149 Å². The van der Waals surface area contributed by atoms with Crippen LogP contribution >= 0.6 is 0 Å². The minimum Gasteiger partial charge on any atom is -0.357 e. The SMILES string of the molecule is CN1CC=Cc2c1n(-c1ccccc1)c1ccc(-c3ccc(-c4ccc5ccc6cccnc6c5n4)c4ccccc34)cc21. The molecule has 0 fully saturated rings. The second-order valence-electron chi connectivity index (χ2n) is 11.5. The van der Waals surface area contributed by atoms with Gasteiger partial charge in [-0.05, 0) is 58.3 Å². The molecule has 0 unspecified atom stereocenters. The lowest BCUT2D eigenvalue weighted by atomic mass is 9.92. The molecule has 0 spiro atoms. The predicted octanol–water partition coefficient (Wildman–Crippen LogP) is 9.68. The van der Waals surface area contributed by atoms with Crippen LogP contribution in [0, 0.1) is 0 Å². The number of hydrogen-bond acceptors (Lipinski definition) is 3. The van der Waals surface area contributed by atoms with Crippen LogP contribution < -0.4 is 4.90 Å². The van der Waals surface area contributed by atoms with Gasteiger partial charge in [0.1, 0.15) is 5.82 Å². The van der Waals surface area contributed by atoms with Gasteiger partial charge in [-0.15, -0.1) is 0 Å². The molecule has 0 saturated heterocycles. The zero-order valence-corrected chi connectivity index (χ0v) is 24.3. The molecule has 44 heavy (non-hydrogen) atoms. The van der Waals surface area contributed by atoms with Gasteiger partial charge in [0.15, 0.2) is 0 Å². The molecule has 5 aromatic carbocycles. The number of para-hydroxylation sites is 1. The Morgan fingerprint density at radius 1 is 0.636 bits per heavy atom. The summed E-state index contributed by atoms with van der Waals surface area (Å²) in [5.74, 6) is 1.23. The summed E-state index contributed by atoms with van der Waals surface area (Å²) < 4.78 is 2.39. The molecule has 1 aliphatic rings. The molecule has 4 heteroatoms. The van der Waals surface area contributed by atoms with Gasteiger partial charge in [-0.25, -0.2) is 4.98 Å². The van der Waals surface area contributed by atoms with Crippen molar-refractivity contribution in [2.24, 2.45) is 0 Å². The number of pyridine rings is 2. The average Bonchev–Trinajstić information content (AvgIpc) is 3.43. The Bertz CT molecular complexity index is 2440. The number of rotatable bonds is 3. The zero-order valence-electron chi connectivity index (χ0n) is 24.3. The second kappa shape index (κ2) is 9.65. The molecule has 0 amide bonds. The number of fused-ring (bicyclic) bond motifs is 7. The molecule has 1 aliphatic heterocycles. The Morgan fingerprint density at radius 2 is 1.39 bits per heavy atom. The van der Waals surface area contributed by atoms with Gasteiger partial charge >= 0.3 is 0 Å². The van der Waals surface area contributed by atoms with Crippen molar-refractivity contribution < 1.29 is 0 Å². The lowest BCUT2D eigenvalue weighted by Gasteiger charge is -2.24. The topological polar surface area (TPSA) is 34.0 Å².